The summed E-state index contributed by atoms with van der Waals surface area (Å²) in [5, 5.41) is 7.75. The number of alkyl halides is 3. The number of carbonyl (C=O) groups excluding carboxylic acids is 1. The molecule has 1 aromatic carbocycles. The van der Waals surface area contributed by atoms with Gasteiger partial charge in [0, 0.05) is 23.5 Å². The SMILES string of the molecule is O=C(CSc1nnc(-c2ccncc2)n1CC(F)(F)F)c1ccc2c(c1)OCO2. The Kier molecular flexibility index (Phi) is 5.14. The summed E-state index contributed by atoms with van der Waals surface area (Å²) in [6, 6.07) is 7.84. The van der Waals surface area contributed by atoms with Crippen LogP contribution in [0.2, 0.25) is 0 Å². The number of rotatable bonds is 6. The van der Waals surface area contributed by atoms with Crippen molar-refractivity contribution in [3.63, 3.8) is 0 Å². The van der Waals surface area contributed by atoms with Crippen LogP contribution in [0.1, 0.15) is 10.4 Å². The van der Waals surface area contributed by atoms with Crippen LogP contribution in [0.25, 0.3) is 11.4 Å². The molecule has 0 fully saturated rings. The van der Waals surface area contributed by atoms with E-state index in [2.05, 4.69) is 15.2 Å². The average molecular weight is 422 g/mol. The van der Waals surface area contributed by atoms with Crippen molar-refractivity contribution in [1.82, 2.24) is 19.7 Å². The zero-order chi connectivity index (χ0) is 20.4. The molecule has 29 heavy (non-hydrogen) atoms. The first-order valence-electron chi connectivity index (χ1n) is 8.37. The molecule has 0 saturated heterocycles. The van der Waals surface area contributed by atoms with Gasteiger partial charge in [-0.05, 0) is 30.3 Å². The van der Waals surface area contributed by atoms with Gasteiger partial charge in [0.2, 0.25) is 6.79 Å². The predicted octanol–water partition coefficient (Wildman–Crippen LogP) is 3.61. The molecule has 3 aromatic rings. The number of nitrogens with zero attached hydrogens (tertiary/aromatic N) is 4. The third-order valence-corrected chi connectivity index (χ3v) is 4.99. The third-order valence-electron chi connectivity index (χ3n) is 4.02. The summed E-state index contributed by atoms with van der Waals surface area (Å²) in [6.07, 6.45) is -1.56. The van der Waals surface area contributed by atoms with E-state index in [1.165, 1.54) is 12.4 Å². The minimum absolute atomic E-state index is 0.00299. The molecule has 1 aliphatic heterocycles. The van der Waals surface area contributed by atoms with Gasteiger partial charge in [0.15, 0.2) is 28.3 Å². The van der Waals surface area contributed by atoms with E-state index < -0.39 is 12.7 Å². The lowest BCUT2D eigenvalue weighted by molar-refractivity contribution is -0.141. The zero-order valence-electron chi connectivity index (χ0n) is 14.7. The number of hydrogen-bond donors (Lipinski definition) is 0. The van der Waals surface area contributed by atoms with Gasteiger partial charge in [0.25, 0.3) is 0 Å². The molecule has 0 spiro atoms. The van der Waals surface area contributed by atoms with Crippen molar-refractivity contribution in [3.8, 4) is 22.9 Å². The van der Waals surface area contributed by atoms with Crippen molar-refractivity contribution in [2.75, 3.05) is 12.5 Å². The molecule has 0 atom stereocenters. The molecule has 11 heteroatoms. The van der Waals surface area contributed by atoms with Gasteiger partial charge in [0.05, 0.1) is 5.75 Å². The molecule has 0 N–H and O–H groups in total. The van der Waals surface area contributed by atoms with E-state index in [9.17, 15) is 18.0 Å². The van der Waals surface area contributed by atoms with E-state index in [1.807, 2.05) is 0 Å². The van der Waals surface area contributed by atoms with Gasteiger partial charge in [-0.3, -0.25) is 14.3 Å². The van der Waals surface area contributed by atoms with E-state index in [0.29, 0.717) is 22.6 Å². The van der Waals surface area contributed by atoms with E-state index in [1.54, 1.807) is 30.3 Å². The molecule has 3 heterocycles. The van der Waals surface area contributed by atoms with Gasteiger partial charge >= 0.3 is 6.18 Å². The highest BCUT2D eigenvalue weighted by Gasteiger charge is 2.31. The second-order valence-electron chi connectivity index (χ2n) is 6.02. The quantitative estimate of drug-likeness (QED) is 0.444. The summed E-state index contributed by atoms with van der Waals surface area (Å²) in [6.45, 7) is -1.18. The number of ketones is 1. The summed E-state index contributed by atoms with van der Waals surface area (Å²) in [5.41, 5.74) is 0.823. The van der Waals surface area contributed by atoms with Gasteiger partial charge in [-0.2, -0.15) is 13.2 Å². The molecule has 1 aliphatic rings. The van der Waals surface area contributed by atoms with Crippen LogP contribution in [0.4, 0.5) is 13.2 Å². The number of ether oxygens (including phenoxy) is 2. The van der Waals surface area contributed by atoms with Crippen LogP contribution in [0, 0.1) is 0 Å². The number of thioether (sulfide) groups is 1. The highest BCUT2D eigenvalue weighted by Crippen LogP contribution is 2.33. The Hall–Kier alpha value is -3.08. The van der Waals surface area contributed by atoms with E-state index in [0.717, 1.165) is 16.3 Å². The Morgan fingerprint density at radius 2 is 1.86 bits per heavy atom. The normalized spacial score (nSPS) is 12.9. The topological polar surface area (TPSA) is 79.1 Å². The molecular weight excluding hydrogens is 409 g/mol. The Balaban J connectivity index is 1.55. The number of pyridine rings is 1. The highest BCUT2D eigenvalue weighted by molar-refractivity contribution is 7.99. The lowest BCUT2D eigenvalue weighted by atomic mass is 10.1. The molecule has 7 nitrogen and oxygen atoms in total. The first-order chi connectivity index (χ1) is 13.9. The van der Waals surface area contributed by atoms with Crippen LogP contribution >= 0.6 is 11.8 Å². The van der Waals surface area contributed by atoms with Crippen molar-refractivity contribution in [1.29, 1.82) is 0 Å². The van der Waals surface area contributed by atoms with Gasteiger partial charge in [-0.15, -0.1) is 10.2 Å². The van der Waals surface area contributed by atoms with Crippen LogP contribution in [0.15, 0.2) is 47.9 Å². The number of carbonyl (C=O) groups is 1. The summed E-state index contributed by atoms with van der Waals surface area (Å²) in [4.78, 5) is 16.3. The molecule has 0 amide bonds. The maximum absolute atomic E-state index is 13.1. The fourth-order valence-electron chi connectivity index (χ4n) is 2.72. The van der Waals surface area contributed by atoms with Gasteiger partial charge in [-0.1, -0.05) is 11.8 Å². The minimum atomic E-state index is -4.47. The summed E-state index contributed by atoms with van der Waals surface area (Å²) >= 11 is 0.892. The minimum Gasteiger partial charge on any atom is -0.454 e. The second-order valence-corrected chi connectivity index (χ2v) is 6.97. The highest BCUT2D eigenvalue weighted by atomic mass is 32.2. The molecule has 0 bridgehead atoms. The lowest BCUT2D eigenvalue weighted by Crippen LogP contribution is -2.19. The van der Waals surface area contributed by atoms with Crippen LogP contribution < -0.4 is 9.47 Å². The first-order valence-corrected chi connectivity index (χ1v) is 9.35. The summed E-state index contributed by atoms with van der Waals surface area (Å²) in [7, 11) is 0. The van der Waals surface area contributed by atoms with Gasteiger partial charge < -0.3 is 9.47 Å². The maximum Gasteiger partial charge on any atom is 0.406 e. The summed E-state index contributed by atoms with van der Waals surface area (Å²) in [5.74, 6) is 0.677. The molecule has 0 saturated carbocycles. The third kappa shape index (κ3) is 4.34. The number of aromatic nitrogens is 4. The molecular formula is C18H13F3N4O3S. The smallest absolute Gasteiger partial charge is 0.406 e. The predicted molar refractivity (Wildman–Crippen MR) is 96.9 cm³/mol. The Bertz CT molecular complexity index is 1040. The molecule has 0 unspecified atom stereocenters. The van der Waals surface area contributed by atoms with E-state index in [-0.39, 0.29) is 29.3 Å². The van der Waals surface area contributed by atoms with Crippen LogP contribution in [0.3, 0.4) is 0 Å². The molecule has 150 valence electrons. The number of fused-ring (bicyclic) bond motifs is 1. The van der Waals surface area contributed by atoms with E-state index >= 15 is 0 Å². The molecule has 2 aromatic heterocycles. The number of benzene rings is 1. The monoisotopic (exact) mass is 422 g/mol. The first kappa shape index (κ1) is 19.2. The Labute approximate surface area is 166 Å². The largest absolute Gasteiger partial charge is 0.454 e. The Morgan fingerprint density at radius 1 is 1.10 bits per heavy atom. The standard InChI is InChI=1S/C18H13F3N4O3S/c19-18(20,21)9-25-16(11-3-5-22-6-4-11)23-24-17(25)29-8-13(26)12-1-2-14-15(7-12)28-10-27-14/h1-7H,8-10H2. The Morgan fingerprint density at radius 3 is 2.62 bits per heavy atom. The van der Waals surface area contributed by atoms with Crippen molar-refractivity contribution in [2.45, 2.75) is 17.9 Å². The number of halogens is 3. The van der Waals surface area contributed by atoms with Crippen molar-refractivity contribution >= 4 is 17.5 Å². The van der Waals surface area contributed by atoms with E-state index in [4.69, 9.17) is 9.47 Å². The number of hydrogen-bond acceptors (Lipinski definition) is 7. The van der Waals surface area contributed by atoms with Crippen LogP contribution in [-0.2, 0) is 6.54 Å². The van der Waals surface area contributed by atoms with Crippen LogP contribution in [0.5, 0.6) is 11.5 Å². The lowest BCUT2D eigenvalue weighted by Gasteiger charge is -2.12. The maximum atomic E-state index is 13.1. The molecule has 0 radical (unpaired) electrons. The van der Waals surface area contributed by atoms with Crippen LogP contribution in [-0.4, -0.2) is 44.3 Å². The summed E-state index contributed by atoms with van der Waals surface area (Å²) < 4.78 is 50.7. The van der Waals surface area contributed by atoms with Crippen molar-refractivity contribution in [2.24, 2.45) is 0 Å². The molecule has 0 aliphatic carbocycles. The van der Waals surface area contributed by atoms with Crippen molar-refractivity contribution in [3.05, 3.63) is 48.3 Å². The second kappa shape index (κ2) is 7.74. The average Bonchev–Trinajstić information content (AvgIpc) is 3.32. The fourth-order valence-corrected chi connectivity index (χ4v) is 3.55. The van der Waals surface area contributed by atoms with Gasteiger partial charge in [-0.25, -0.2) is 0 Å². The van der Waals surface area contributed by atoms with Crippen molar-refractivity contribution < 1.29 is 27.4 Å². The fraction of sp³-hybridized carbons (Fsp3) is 0.222. The zero-order valence-corrected chi connectivity index (χ0v) is 15.5. The van der Waals surface area contributed by atoms with Gasteiger partial charge in [0.1, 0.15) is 6.54 Å². The molecule has 4 rings (SSSR count). The number of Topliss-reactive ketones (excluding diaryl/α,β-unsaturated/α-hetero) is 1.